The van der Waals surface area contributed by atoms with Gasteiger partial charge in [-0.15, -0.1) is 0 Å². The zero-order valence-corrected chi connectivity index (χ0v) is 9.39. The Morgan fingerprint density at radius 2 is 2.44 bits per heavy atom. The van der Waals surface area contributed by atoms with Crippen LogP contribution in [-0.4, -0.2) is 27.4 Å². The minimum Gasteiger partial charge on any atom is -0.481 e. The lowest BCUT2D eigenvalue weighted by Crippen LogP contribution is -2.46. The summed E-state index contributed by atoms with van der Waals surface area (Å²) in [5, 5.41) is 13.6. The molecule has 5 heteroatoms. The second kappa shape index (κ2) is 3.90. The van der Waals surface area contributed by atoms with Gasteiger partial charge in [0.05, 0.1) is 11.1 Å². The van der Waals surface area contributed by atoms with Crippen molar-refractivity contribution in [3.05, 3.63) is 18.0 Å². The molecule has 0 spiro atoms. The minimum atomic E-state index is -0.736. The van der Waals surface area contributed by atoms with E-state index in [1.807, 2.05) is 19.3 Å². The number of rotatable bonds is 4. The molecule has 1 aromatic rings. The molecule has 0 aliphatic heterocycles. The number of aromatic nitrogens is 2. The summed E-state index contributed by atoms with van der Waals surface area (Å²) in [6.45, 7) is 0.337. The van der Waals surface area contributed by atoms with Crippen molar-refractivity contribution >= 4 is 5.97 Å². The highest BCUT2D eigenvalue weighted by Crippen LogP contribution is 2.50. The van der Waals surface area contributed by atoms with Crippen molar-refractivity contribution < 1.29 is 9.90 Å². The Balaban J connectivity index is 2.31. The Bertz CT molecular complexity index is 396. The van der Waals surface area contributed by atoms with E-state index in [1.54, 1.807) is 4.68 Å². The van der Waals surface area contributed by atoms with E-state index in [9.17, 15) is 9.90 Å². The van der Waals surface area contributed by atoms with Crippen LogP contribution in [-0.2, 0) is 11.8 Å². The molecule has 1 heterocycles. The number of hydrogen-bond acceptors (Lipinski definition) is 3. The van der Waals surface area contributed by atoms with Crippen LogP contribution >= 0.6 is 0 Å². The van der Waals surface area contributed by atoms with Crippen molar-refractivity contribution in [2.24, 2.45) is 18.2 Å². The molecule has 1 aliphatic rings. The van der Waals surface area contributed by atoms with Crippen molar-refractivity contribution in [2.45, 2.75) is 25.2 Å². The minimum absolute atomic E-state index is 0.167. The van der Waals surface area contributed by atoms with E-state index < -0.39 is 11.4 Å². The zero-order valence-electron chi connectivity index (χ0n) is 9.39. The Kier molecular flexibility index (Phi) is 2.71. The predicted octanol–water partition coefficient (Wildman–Crippen LogP) is 0.717. The fourth-order valence-corrected chi connectivity index (χ4v) is 2.52. The second-order valence-electron chi connectivity index (χ2n) is 4.52. The fourth-order valence-electron chi connectivity index (χ4n) is 2.52. The summed E-state index contributed by atoms with van der Waals surface area (Å²) in [7, 11) is 1.82. The molecule has 16 heavy (non-hydrogen) atoms. The second-order valence-corrected chi connectivity index (χ2v) is 4.52. The van der Waals surface area contributed by atoms with Crippen molar-refractivity contribution in [3.63, 3.8) is 0 Å². The number of carboxylic acids is 1. The highest BCUT2D eigenvalue weighted by Gasteiger charge is 2.51. The number of carboxylic acid groups (broad SMARTS) is 1. The first-order chi connectivity index (χ1) is 7.60. The zero-order chi connectivity index (χ0) is 11.8. The van der Waals surface area contributed by atoms with Gasteiger partial charge in [-0.1, -0.05) is 6.42 Å². The van der Waals surface area contributed by atoms with Crippen LogP contribution in [0.4, 0.5) is 0 Å². The van der Waals surface area contributed by atoms with Gasteiger partial charge >= 0.3 is 5.97 Å². The topological polar surface area (TPSA) is 81.1 Å². The van der Waals surface area contributed by atoms with Gasteiger partial charge in [0.2, 0.25) is 0 Å². The highest BCUT2D eigenvalue weighted by atomic mass is 16.4. The van der Waals surface area contributed by atoms with E-state index in [0.717, 1.165) is 12.1 Å². The van der Waals surface area contributed by atoms with Gasteiger partial charge in [-0.05, 0) is 18.9 Å². The lowest BCUT2D eigenvalue weighted by atomic mass is 9.60. The number of carbonyl (C=O) groups is 1. The Labute approximate surface area is 94.2 Å². The molecule has 1 atom stereocenters. The first-order valence-corrected chi connectivity index (χ1v) is 5.53. The Morgan fingerprint density at radius 1 is 1.75 bits per heavy atom. The van der Waals surface area contributed by atoms with E-state index in [4.69, 9.17) is 5.73 Å². The summed E-state index contributed by atoms with van der Waals surface area (Å²) in [4.78, 5) is 11.4. The molecule has 88 valence electrons. The predicted molar refractivity (Wildman–Crippen MR) is 58.9 cm³/mol. The number of hydrogen-bond donors (Lipinski definition) is 2. The Morgan fingerprint density at radius 3 is 2.75 bits per heavy atom. The molecule has 0 amide bonds. The molecule has 0 radical (unpaired) electrons. The molecule has 3 N–H and O–H groups in total. The first-order valence-electron chi connectivity index (χ1n) is 5.53. The summed E-state index contributed by atoms with van der Waals surface area (Å²) >= 11 is 0. The molecule has 2 rings (SSSR count). The van der Waals surface area contributed by atoms with Crippen LogP contribution in [0.2, 0.25) is 0 Å². The van der Waals surface area contributed by atoms with E-state index in [2.05, 4.69) is 5.10 Å². The van der Waals surface area contributed by atoms with Crippen LogP contribution in [0.3, 0.4) is 0 Å². The van der Waals surface area contributed by atoms with Gasteiger partial charge in [-0.3, -0.25) is 9.48 Å². The van der Waals surface area contributed by atoms with Crippen molar-refractivity contribution in [2.75, 3.05) is 6.54 Å². The molecule has 0 aromatic carbocycles. The first kappa shape index (κ1) is 11.1. The van der Waals surface area contributed by atoms with Gasteiger partial charge in [-0.2, -0.15) is 5.10 Å². The van der Waals surface area contributed by atoms with Crippen LogP contribution in [0.15, 0.2) is 12.3 Å². The van der Waals surface area contributed by atoms with E-state index in [-0.39, 0.29) is 5.92 Å². The lowest BCUT2D eigenvalue weighted by Gasteiger charge is -2.43. The molecular weight excluding hydrogens is 206 g/mol. The summed E-state index contributed by atoms with van der Waals surface area (Å²) in [6, 6.07) is 1.86. The molecule has 1 aromatic heterocycles. The number of nitrogens with zero attached hydrogens (tertiary/aromatic N) is 2. The van der Waals surface area contributed by atoms with E-state index >= 15 is 0 Å². The Hall–Kier alpha value is -1.36. The number of aliphatic carboxylic acids is 1. The maximum absolute atomic E-state index is 11.4. The SMILES string of the molecule is Cn1ccc([C@H](CN)C2(C(=O)O)CCC2)n1. The van der Waals surface area contributed by atoms with Gasteiger partial charge in [0.1, 0.15) is 0 Å². The highest BCUT2D eigenvalue weighted by molar-refractivity contribution is 5.77. The van der Waals surface area contributed by atoms with Gasteiger partial charge < -0.3 is 10.8 Å². The molecule has 0 saturated heterocycles. The summed E-state index contributed by atoms with van der Waals surface area (Å²) < 4.78 is 1.69. The monoisotopic (exact) mass is 223 g/mol. The molecule has 5 nitrogen and oxygen atoms in total. The van der Waals surface area contributed by atoms with Gasteiger partial charge in [0.15, 0.2) is 0 Å². The molecule has 1 saturated carbocycles. The molecule has 0 bridgehead atoms. The van der Waals surface area contributed by atoms with E-state index in [1.165, 1.54) is 0 Å². The smallest absolute Gasteiger partial charge is 0.310 e. The third kappa shape index (κ3) is 1.51. The molecule has 0 unspecified atom stereocenters. The average molecular weight is 223 g/mol. The standard InChI is InChI=1S/C11H17N3O2/c1-14-6-3-9(13-14)8(7-12)11(10(15)16)4-2-5-11/h3,6,8H,2,4-5,7,12H2,1H3,(H,15,16)/t8-/m0/s1. The van der Waals surface area contributed by atoms with Crippen LogP contribution in [0.25, 0.3) is 0 Å². The number of aryl methyl sites for hydroxylation is 1. The summed E-state index contributed by atoms with van der Waals surface area (Å²) in [5.41, 5.74) is 5.86. The van der Waals surface area contributed by atoms with Crippen LogP contribution in [0.1, 0.15) is 30.9 Å². The third-order valence-electron chi connectivity index (χ3n) is 3.67. The summed E-state index contributed by atoms with van der Waals surface area (Å²) in [5.74, 6) is -0.903. The van der Waals surface area contributed by atoms with Gasteiger partial charge in [-0.25, -0.2) is 0 Å². The molecule has 1 fully saturated rings. The van der Waals surface area contributed by atoms with Gasteiger partial charge in [0, 0.05) is 25.7 Å². The lowest BCUT2D eigenvalue weighted by molar-refractivity contribution is -0.156. The number of nitrogens with two attached hydrogens (primary N) is 1. The third-order valence-corrected chi connectivity index (χ3v) is 3.67. The average Bonchev–Trinajstić information content (AvgIpc) is 2.56. The maximum atomic E-state index is 11.4. The van der Waals surface area contributed by atoms with Crippen LogP contribution in [0, 0.1) is 5.41 Å². The van der Waals surface area contributed by atoms with E-state index in [0.29, 0.717) is 19.4 Å². The molecular formula is C11H17N3O2. The molecule has 1 aliphatic carbocycles. The van der Waals surface area contributed by atoms with Gasteiger partial charge in [0.25, 0.3) is 0 Å². The van der Waals surface area contributed by atoms with Crippen LogP contribution in [0.5, 0.6) is 0 Å². The fraction of sp³-hybridized carbons (Fsp3) is 0.636. The quantitative estimate of drug-likeness (QED) is 0.788. The largest absolute Gasteiger partial charge is 0.481 e. The van der Waals surface area contributed by atoms with Crippen molar-refractivity contribution in [1.29, 1.82) is 0 Å². The normalized spacial score (nSPS) is 20.1. The van der Waals surface area contributed by atoms with Crippen LogP contribution < -0.4 is 5.73 Å². The van der Waals surface area contributed by atoms with Crippen molar-refractivity contribution in [3.8, 4) is 0 Å². The summed E-state index contributed by atoms with van der Waals surface area (Å²) in [6.07, 6.45) is 4.21. The van der Waals surface area contributed by atoms with Crippen molar-refractivity contribution in [1.82, 2.24) is 9.78 Å². The maximum Gasteiger partial charge on any atom is 0.310 e.